The quantitative estimate of drug-likeness (QED) is 0.0922. The minimum absolute atomic E-state index is 0.0228. The van der Waals surface area contributed by atoms with Gasteiger partial charge in [-0.15, -0.1) is 0 Å². The van der Waals surface area contributed by atoms with Crippen molar-refractivity contribution in [2.45, 2.75) is 140 Å². The highest BCUT2D eigenvalue weighted by Gasteiger charge is 2.56. The van der Waals surface area contributed by atoms with Crippen molar-refractivity contribution in [1.29, 1.82) is 0 Å². The predicted octanol–water partition coefficient (Wildman–Crippen LogP) is 11.3. The Morgan fingerprint density at radius 2 is 1.58 bits per heavy atom. The van der Waals surface area contributed by atoms with E-state index < -0.39 is 42.0 Å². The van der Waals surface area contributed by atoms with Crippen molar-refractivity contribution in [1.82, 2.24) is 0 Å². The van der Waals surface area contributed by atoms with Gasteiger partial charge in [-0.25, -0.2) is 9.59 Å². The summed E-state index contributed by atoms with van der Waals surface area (Å²) in [5, 5.41) is 11.3. The molecule has 6 atom stereocenters. The van der Waals surface area contributed by atoms with Crippen molar-refractivity contribution < 1.29 is 38.1 Å². The van der Waals surface area contributed by atoms with E-state index in [1.165, 1.54) is 22.3 Å². The lowest BCUT2D eigenvalue weighted by molar-refractivity contribution is -0.201. The second kappa shape index (κ2) is 19.8. The molecule has 2 aliphatic carbocycles. The maximum atomic E-state index is 15.1. The molecule has 0 radical (unpaired) electrons. The number of hydrogen-bond acceptors (Lipinski definition) is 9. The van der Waals surface area contributed by atoms with E-state index in [-0.39, 0.29) is 48.7 Å². The first-order chi connectivity index (χ1) is 32.0. The van der Waals surface area contributed by atoms with Crippen LogP contribution in [0.1, 0.15) is 147 Å². The number of carbonyl (C=O) groups excluding carboxylic acids is 2. The topological polar surface area (TPSA) is 122 Å². The van der Waals surface area contributed by atoms with Crippen LogP contribution in [0, 0.1) is 11.8 Å². The zero-order valence-corrected chi connectivity index (χ0v) is 38.9. The van der Waals surface area contributed by atoms with Crippen molar-refractivity contribution in [3.05, 3.63) is 157 Å². The first-order valence-electron chi connectivity index (χ1n) is 24.2. The minimum atomic E-state index is -1.18. The summed E-state index contributed by atoms with van der Waals surface area (Å²) in [4.78, 5) is 43.8. The second-order valence-corrected chi connectivity index (χ2v) is 19.7. The van der Waals surface area contributed by atoms with Gasteiger partial charge in [0.05, 0.1) is 18.8 Å². The Bertz CT molecular complexity index is 2630. The predicted molar refractivity (Wildman–Crippen MR) is 255 cm³/mol. The SMILES string of the molecule is COCCc1c(CO)c2ccc3c(c2oc1=O)C1OC(=O)CC2CC(c4cccc(Cc5ccccc5)c4)CCC2c2ccc(cc2)CCC(=C(C)C)C(=O)OC1C(C)(C1CCCCC1)O3. The Balaban J connectivity index is 1.16. The standard InChI is InChI=1S/C57H64O9/c1-35(2)44-24-20-36-18-21-39(22-19-36)45-25-23-41(40-15-11-14-38(31-40)30-37-12-7-5-8-13-37)32-42(45)33-50(59)63-53-51-49(66-57(3,54(53)65-55(44)60)43-16-9-6-10-17-43)27-26-46-48(34-58)47(28-29-62-4)56(61)64-52(46)51/h5,7-8,11-15,18-19,21-22,26-27,31,41-43,45,53-54,58H,6,9-10,16-17,20,23-25,28-30,32-34H2,1-4H3. The number of aliphatic hydroxyl groups is 1. The van der Waals surface area contributed by atoms with Crippen LogP contribution >= 0.6 is 0 Å². The number of carbonyl (C=O) groups is 2. The molecule has 4 heterocycles. The Labute approximate surface area is 388 Å². The Morgan fingerprint density at radius 3 is 2.32 bits per heavy atom. The molecule has 4 aromatic carbocycles. The first kappa shape index (κ1) is 45.6. The van der Waals surface area contributed by atoms with Gasteiger partial charge in [0.2, 0.25) is 0 Å². The Morgan fingerprint density at radius 1 is 0.803 bits per heavy atom. The number of methoxy groups -OCH3 is 1. The number of aliphatic hydroxyl groups excluding tert-OH is 1. The van der Waals surface area contributed by atoms with E-state index in [9.17, 15) is 14.7 Å². The fraction of sp³-hybridized carbons (Fsp3) is 0.456. The third-order valence-corrected chi connectivity index (χ3v) is 15.4. The molecular weight excluding hydrogens is 829 g/mol. The van der Waals surface area contributed by atoms with E-state index in [1.54, 1.807) is 13.2 Å². The van der Waals surface area contributed by atoms with Crippen LogP contribution in [-0.2, 0) is 49.7 Å². The third kappa shape index (κ3) is 9.26. The van der Waals surface area contributed by atoms with Crippen molar-refractivity contribution in [2.75, 3.05) is 13.7 Å². The summed E-state index contributed by atoms with van der Waals surface area (Å²) in [5.74, 6) is -0.205. The van der Waals surface area contributed by atoms with E-state index in [4.69, 9.17) is 23.4 Å². The number of fused-ring (bicyclic) bond motifs is 11. The number of ether oxygens (including phenoxy) is 4. The molecule has 1 N–H and O–H groups in total. The maximum Gasteiger partial charge on any atom is 0.339 e. The molecule has 2 bridgehead atoms. The van der Waals surface area contributed by atoms with Crippen molar-refractivity contribution in [3.8, 4) is 5.75 Å². The molecule has 5 aliphatic rings. The zero-order valence-electron chi connectivity index (χ0n) is 38.9. The van der Waals surface area contributed by atoms with Gasteiger partial charge in [-0.1, -0.05) is 104 Å². The largest absolute Gasteiger partial charge is 0.483 e. The van der Waals surface area contributed by atoms with Crippen LogP contribution < -0.4 is 10.4 Å². The minimum Gasteiger partial charge on any atom is -0.483 e. The number of hydrogen-bond donors (Lipinski definition) is 1. The van der Waals surface area contributed by atoms with Gasteiger partial charge in [-0.3, -0.25) is 4.79 Å². The van der Waals surface area contributed by atoms with E-state index in [2.05, 4.69) is 72.8 Å². The lowest BCUT2D eigenvalue weighted by Crippen LogP contribution is -2.58. The molecule has 2 fully saturated rings. The van der Waals surface area contributed by atoms with Gasteiger partial charge in [-0.2, -0.15) is 0 Å². The van der Waals surface area contributed by atoms with Gasteiger partial charge >= 0.3 is 17.6 Å². The lowest BCUT2D eigenvalue weighted by atomic mass is 9.68. The number of allylic oxidation sites excluding steroid dienone is 1. The first-order valence-corrected chi connectivity index (χ1v) is 24.2. The van der Waals surface area contributed by atoms with Crippen LogP contribution in [-0.4, -0.2) is 42.5 Å². The fourth-order valence-corrected chi connectivity index (χ4v) is 11.8. The normalized spacial score (nSPS) is 25.0. The molecule has 9 nitrogen and oxygen atoms in total. The maximum absolute atomic E-state index is 15.1. The van der Waals surface area contributed by atoms with Gasteiger partial charge in [0, 0.05) is 42.4 Å². The van der Waals surface area contributed by atoms with Crippen molar-refractivity contribution in [2.24, 2.45) is 11.8 Å². The van der Waals surface area contributed by atoms with Crippen LogP contribution in [0.5, 0.6) is 5.75 Å². The number of rotatable bonds is 8. The van der Waals surface area contributed by atoms with E-state index in [0.717, 1.165) is 68.9 Å². The molecule has 10 rings (SSSR count). The lowest BCUT2D eigenvalue weighted by Gasteiger charge is -2.50. The van der Waals surface area contributed by atoms with Crippen LogP contribution in [0.4, 0.5) is 0 Å². The molecular formula is C57H64O9. The summed E-state index contributed by atoms with van der Waals surface area (Å²) in [7, 11) is 1.56. The molecule has 5 aromatic rings. The summed E-state index contributed by atoms with van der Waals surface area (Å²) in [5.41, 5.74) is 7.05. The highest BCUT2D eigenvalue weighted by molar-refractivity contribution is 5.90. The molecule has 1 aromatic heterocycles. The van der Waals surface area contributed by atoms with Gasteiger partial charge in [0.1, 0.15) is 16.9 Å². The monoisotopic (exact) mass is 892 g/mol. The second-order valence-electron chi connectivity index (χ2n) is 19.7. The van der Waals surface area contributed by atoms with E-state index >= 15 is 4.79 Å². The Kier molecular flexibility index (Phi) is 13.7. The van der Waals surface area contributed by atoms with Crippen LogP contribution in [0.25, 0.3) is 11.0 Å². The molecule has 0 amide bonds. The third-order valence-electron chi connectivity index (χ3n) is 15.4. The zero-order chi connectivity index (χ0) is 46.0. The summed E-state index contributed by atoms with van der Waals surface area (Å²) in [6, 6.07) is 31.8. The van der Waals surface area contributed by atoms with Gasteiger partial charge in [0.25, 0.3) is 0 Å². The van der Waals surface area contributed by atoms with Gasteiger partial charge in [-0.05, 0) is 135 Å². The number of aryl methyl sites for hydroxylation is 1. The molecule has 3 aliphatic heterocycles. The number of esters is 2. The summed E-state index contributed by atoms with van der Waals surface area (Å²) in [6.07, 6.45) is 7.57. The summed E-state index contributed by atoms with van der Waals surface area (Å²) in [6.45, 7) is 5.69. The molecule has 0 spiro atoms. The fourth-order valence-electron chi connectivity index (χ4n) is 11.8. The van der Waals surface area contributed by atoms with Crippen LogP contribution in [0.2, 0.25) is 0 Å². The van der Waals surface area contributed by atoms with Crippen LogP contribution in [0.15, 0.2) is 111 Å². The van der Waals surface area contributed by atoms with Gasteiger partial charge in [0.15, 0.2) is 12.2 Å². The smallest absolute Gasteiger partial charge is 0.339 e. The van der Waals surface area contributed by atoms with Gasteiger partial charge < -0.3 is 28.5 Å². The molecule has 6 unspecified atom stereocenters. The highest BCUT2D eigenvalue weighted by Crippen LogP contribution is 2.53. The van der Waals surface area contributed by atoms with E-state index in [0.29, 0.717) is 46.2 Å². The molecule has 346 valence electrons. The molecule has 66 heavy (non-hydrogen) atoms. The average molecular weight is 893 g/mol. The Hall–Kier alpha value is -5.51. The summed E-state index contributed by atoms with van der Waals surface area (Å²) >= 11 is 0. The van der Waals surface area contributed by atoms with Crippen molar-refractivity contribution >= 4 is 22.9 Å². The molecule has 0 saturated heterocycles. The molecule has 9 heteroatoms. The average Bonchev–Trinajstić information content (AvgIpc) is 3.32. The highest BCUT2D eigenvalue weighted by atomic mass is 16.6. The van der Waals surface area contributed by atoms with E-state index in [1.807, 2.05) is 32.9 Å². The van der Waals surface area contributed by atoms with Crippen molar-refractivity contribution in [3.63, 3.8) is 0 Å². The van der Waals surface area contributed by atoms with Crippen LogP contribution in [0.3, 0.4) is 0 Å². The number of benzene rings is 4. The summed E-state index contributed by atoms with van der Waals surface area (Å²) < 4.78 is 32.3. The molecule has 2 saturated carbocycles.